The van der Waals surface area contributed by atoms with Crippen molar-refractivity contribution in [3.8, 4) is 11.5 Å². The zero-order valence-electron chi connectivity index (χ0n) is 16.4. The summed E-state index contributed by atoms with van der Waals surface area (Å²) in [6.45, 7) is 8.17. The minimum atomic E-state index is 0.293. The molecule has 0 spiro atoms. The highest BCUT2D eigenvalue weighted by Gasteiger charge is 2.27. The molecule has 5 rings (SSSR count). The Bertz CT molecular complexity index is 961. The SMILES string of the molecule is Cc1nc(-c2ccn[nH]2)n2nc(N3CCOCC3C)cc(C3CCOCC3)c12. The van der Waals surface area contributed by atoms with E-state index >= 15 is 0 Å². The second kappa shape index (κ2) is 7.18. The summed E-state index contributed by atoms with van der Waals surface area (Å²) in [6, 6.07) is 4.51. The Hall–Kier alpha value is -2.45. The molecule has 0 aromatic carbocycles. The van der Waals surface area contributed by atoms with Crippen molar-refractivity contribution in [2.45, 2.75) is 38.6 Å². The average Bonchev–Trinajstić information content (AvgIpc) is 3.37. The Morgan fingerprint density at radius 3 is 2.79 bits per heavy atom. The van der Waals surface area contributed by atoms with E-state index in [2.05, 4.69) is 35.0 Å². The highest BCUT2D eigenvalue weighted by molar-refractivity contribution is 5.68. The molecule has 8 heteroatoms. The quantitative estimate of drug-likeness (QED) is 0.750. The summed E-state index contributed by atoms with van der Waals surface area (Å²) >= 11 is 0. The topological polar surface area (TPSA) is 80.6 Å². The monoisotopic (exact) mass is 382 g/mol. The van der Waals surface area contributed by atoms with Gasteiger partial charge < -0.3 is 14.4 Å². The van der Waals surface area contributed by atoms with Gasteiger partial charge in [0, 0.05) is 26.0 Å². The molecular weight excluding hydrogens is 356 g/mol. The number of hydrogen-bond acceptors (Lipinski definition) is 6. The summed E-state index contributed by atoms with van der Waals surface area (Å²) in [5.41, 5.74) is 4.31. The first-order chi connectivity index (χ1) is 13.7. The molecule has 0 saturated carbocycles. The fraction of sp³-hybridized carbons (Fsp3) is 0.550. The van der Waals surface area contributed by atoms with Gasteiger partial charge in [-0.15, -0.1) is 5.10 Å². The first kappa shape index (κ1) is 17.6. The van der Waals surface area contributed by atoms with Crippen LogP contribution in [0.3, 0.4) is 0 Å². The number of nitrogens with one attached hydrogen (secondary N) is 1. The highest BCUT2D eigenvalue weighted by atomic mass is 16.5. The van der Waals surface area contributed by atoms with Crippen molar-refractivity contribution >= 4 is 11.3 Å². The summed E-state index contributed by atoms with van der Waals surface area (Å²) < 4.78 is 13.3. The van der Waals surface area contributed by atoms with Gasteiger partial charge in [0.25, 0.3) is 0 Å². The third kappa shape index (κ3) is 2.97. The number of nitrogens with zero attached hydrogens (tertiary/aromatic N) is 5. The van der Waals surface area contributed by atoms with Crippen LogP contribution in [0.25, 0.3) is 17.0 Å². The highest BCUT2D eigenvalue weighted by Crippen LogP contribution is 2.35. The second-order valence-corrected chi connectivity index (χ2v) is 7.71. The predicted molar refractivity (Wildman–Crippen MR) is 106 cm³/mol. The van der Waals surface area contributed by atoms with Gasteiger partial charge in [0.2, 0.25) is 0 Å². The summed E-state index contributed by atoms with van der Waals surface area (Å²) in [6.07, 6.45) is 3.81. The van der Waals surface area contributed by atoms with Crippen LogP contribution in [0.2, 0.25) is 0 Å². The molecular formula is C20H26N6O2. The van der Waals surface area contributed by atoms with Crippen LogP contribution in [-0.4, -0.2) is 63.8 Å². The first-order valence-corrected chi connectivity index (χ1v) is 10.0. The molecule has 0 aliphatic carbocycles. The number of rotatable bonds is 3. The Balaban J connectivity index is 1.71. The molecule has 2 saturated heterocycles. The molecule has 1 atom stereocenters. The largest absolute Gasteiger partial charge is 0.381 e. The predicted octanol–water partition coefficient (Wildman–Crippen LogP) is 2.55. The van der Waals surface area contributed by atoms with Gasteiger partial charge >= 0.3 is 0 Å². The number of aryl methyl sites for hydroxylation is 1. The standard InChI is InChI=1S/C20H26N6O2/c1-13-12-28-10-7-25(13)18-11-16(15-4-8-27-9-5-15)19-14(2)22-20(26(19)24-18)17-3-6-21-23-17/h3,6,11,13,15H,4-5,7-10,12H2,1-2H3,(H,21,23). The third-order valence-corrected chi connectivity index (χ3v) is 5.85. The van der Waals surface area contributed by atoms with Crippen molar-refractivity contribution in [1.29, 1.82) is 0 Å². The number of anilines is 1. The van der Waals surface area contributed by atoms with Gasteiger partial charge in [-0.05, 0) is 50.3 Å². The molecule has 2 aliphatic rings. The molecule has 5 heterocycles. The van der Waals surface area contributed by atoms with Crippen molar-refractivity contribution in [1.82, 2.24) is 24.8 Å². The molecule has 2 aliphatic heterocycles. The lowest BCUT2D eigenvalue weighted by molar-refractivity contribution is 0.0854. The third-order valence-electron chi connectivity index (χ3n) is 5.85. The smallest absolute Gasteiger partial charge is 0.179 e. The Kier molecular flexibility index (Phi) is 4.52. The maximum absolute atomic E-state index is 5.64. The van der Waals surface area contributed by atoms with E-state index in [0.717, 1.165) is 74.4 Å². The average molecular weight is 382 g/mol. The summed E-state index contributed by atoms with van der Waals surface area (Å²) in [7, 11) is 0. The molecule has 0 amide bonds. The van der Waals surface area contributed by atoms with E-state index in [9.17, 15) is 0 Å². The van der Waals surface area contributed by atoms with E-state index in [4.69, 9.17) is 19.6 Å². The van der Waals surface area contributed by atoms with Crippen molar-refractivity contribution in [3.63, 3.8) is 0 Å². The number of aromatic amines is 1. The second-order valence-electron chi connectivity index (χ2n) is 7.71. The van der Waals surface area contributed by atoms with Crippen LogP contribution in [0, 0.1) is 6.92 Å². The molecule has 148 valence electrons. The number of hydrogen-bond donors (Lipinski definition) is 1. The van der Waals surface area contributed by atoms with Crippen molar-refractivity contribution < 1.29 is 9.47 Å². The zero-order chi connectivity index (χ0) is 19.1. The number of H-pyrrole nitrogens is 1. The first-order valence-electron chi connectivity index (χ1n) is 10.0. The van der Waals surface area contributed by atoms with E-state index in [0.29, 0.717) is 12.0 Å². The van der Waals surface area contributed by atoms with Gasteiger partial charge in [-0.2, -0.15) is 5.10 Å². The Labute approximate surface area is 163 Å². The lowest BCUT2D eigenvalue weighted by Crippen LogP contribution is -2.44. The van der Waals surface area contributed by atoms with Crippen molar-refractivity contribution in [2.24, 2.45) is 0 Å². The number of imidazole rings is 1. The van der Waals surface area contributed by atoms with E-state index < -0.39 is 0 Å². The van der Waals surface area contributed by atoms with Crippen LogP contribution in [0.4, 0.5) is 5.82 Å². The van der Waals surface area contributed by atoms with Gasteiger partial charge in [0.15, 0.2) is 5.82 Å². The van der Waals surface area contributed by atoms with E-state index in [1.807, 2.05) is 10.6 Å². The molecule has 0 radical (unpaired) electrons. The lowest BCUT2D eigenvalue weighted by atomic mass is 9.91. The zero-order valence-corrected chi connectivity index (χ0v) is 16.4. The maximum atomic E-state index is 5.64. The van der Waals surface area contributed by atoms with E-state index in [1.165, 1.54) is 5.56 Å². The van der Waals surface area contributed by atoms with Crippen LogP contribution in [-0.2, 0) is 9.47 Å². The van der Waals surface area contributed by atoms with E-state index in [1.54, 1.807) is 6.20 Å². The summed E-state index contributed by atoms with van der Waals surface area (Å²) in [5.74, 6) is 2.25. The fourth-order valence-corrected chi connectivity index (χ4v) is 4.37. The number of ether oxygens (including phenoxy) is 2. The van der Waals surface area contributed by atoms with Crippen LogP contribution in [0.5, 0.6) is 0 Å². The van der Waals surface area contributed by atoms with Crippen molar-refractivity contribution in [3.05, 3.63) is 29.6 Å². The van der Waals surface area contributed by atoms with Gasteiger partial charge in [0.1, 0.15) is 11.5 Å². The minimum Gasteiger partial charge on any atom is -0.381 e. The molecule has 2 fully saturated rings. The van der Waals surface area contributed by atoms with Gasteiger partial charge in [0.05, 0.1) is 30.5 Å². The number of fused-ring (bicyclic) bond motifs is 1. The van der Waals surface area contributed by atoms with Crippen LogP contribution in [0.1, 0.15) is 36.9 Å². The minimum absolute atomic E-state index is 0.293. The molecule has 28 heavy (non-hydrogen) atoms. The summed E-state index contributed by atoms with van der Waals surface area (Å²) in [5, 5.41) is 12.2. The van der Waals surface area contributed by atoms with Gasteiger partial charge in [-0.25, -0.2) is 9.50 Å². The number of aromatic nitrogens is 5. The lowest BCUT2D eigenvalue weighted by Gasteiger charge is -2.35. The number of morpholine rings is 1. The molecule has 1 N–H and O–H groups in total. The van der Waals surface area contributed by atoms with Gasteiger partial charge in [-0.3, -0.25) is 5.10 Å². The maximum Gasteiger partial charge on any atom is 0.179 e. The molecule has 0 bridgehead atoms. The van der Waals surface area contributed by atoms with Crippen molar-refractivity contribution in [2.75, 3.05) is 37.9 Å². The molecule has 1 unspecified atom stereocenters. The Morgan fingerprint density at radius 2 is 2.04 bits per heavy atom. The normalized spacial score (nSPS) is 21.5. The summed E-state index contributed by atoms with van der Waals surface area (Å²) in [4.78, 5) is 7.19. The molecule has 8 nitrogen and oxygen atoms in total. The van der Waals surface area contributed by atoms with Crippen LogP contribution >= 0.6 is 0 Å². The molecule has 3 aromatic rings. The van der Waals surface area contributed by atoms with Crippen LogP contribution in [0.15, 0.2) is 18.3 Å². The molecule has 3 aromatic heterocycles. The van der Waals surface area contributed by atoms with E-state index in [-0.39, 0.29) is 0 Å². The van der Waals surface area contributed by atoms with Crippen LogP contribution < -0.4 is 4.90 Å². The van der Waals surface area contributed by atoms with Gasteiger partial charge in [-0.1, -0.05) is 0 Å². The fourth-order valence-electron chi connectivity index (χ4n) is 4.37. The Morgan fingerprint density at radius 1 is 1.18 bits per heavy atom.